The molecule has 1 rings (SSSR count). The molecule has 0 fully saturated rings. The SMILES string of the molecule is CCOc1cc(C(CC)CC(C)(C)C)cc(Cl)c1O. The number of hydrogen-bond donors (Lipinski definition) is 1. The van der Waals surface area contributed by atoms with Crippen LogP contribution in [0.4, 0.5) is 0 Å². The van der Waals surface area contributed by atoms with Crippen molar-refractivity contribution in [1.29, 1.82) is 0 Å². The van der Waals surface area contributed by atoms with Gasteiger partial charge in [0.1, 0.15) is 0 Å². The molecule has 0 radical (unpaired) electrons. The van der Waals surface area contributed by atoms with Crippen molar-refractivity contribution >= 4 is 11.6 Å². The fraction of sp³-hybridized carbons (Fsp3) is 0.625. The number of halogens is 1. The summed E-state index contributed by atoms with van der Waals surface area (Å²) >= 11 is 6.10. The summed E-state index contributed by atoms with van der Waals surface area (Å²) in [5.41, 5.74) is 1.40. The number of phenolic OH excluding ortho intramolecular Hbond substituents is 1. The second kappa shape index (κ2) is 6.51. The highest BCUT2D eigenvalue weighted by molar-refractivity contribution is 6.32. The van der Waals surface area contributed by atoms with E-state index in [0.29, 0.717) is 23.3 Å². The summed E-state index contributed by atoms with van der Waals surface area (Å²) < 4.78 is 5.45. The molecule has 0 aliphatic heterocycles. The van der Waals surface area contributed by atoms with Gasteiger partial charge in [-0.3, -0.25) is 0 Å². The van der Waals surface area contributed by atoms with Crippen LogP contribution in [0.1, 0.15) is 58.9 Å². The highest BCUT2D eigenvalue weighted by Crippen LogP contribution is 2.41. The van der Waals surface area contributed by atoms with Gasteiger partial charge in [-0.25, -0.2) is 0 Å². The summed E-state index contributed by atoms with van der Waals surface area (Å²) in [5, 5.41) is 10.3. The number of phenols is 1. The van der Waals surface area contributed by atoms with E-state index in [0.717, 1.165) is 18.4 Å². The first-order valence-electron chi connectivity index (χ1n) is 6.93. The third-order valence-corrected chi connectivity index (χ3v) is 3.46. The molecular weight excluding hydrogens is 260 g/mol. The second-order valence-electron chi connectivity index (χ2n) is 6.15. The fourth-order valence-electron chi connectivity index (χ4n) is 2.33. The first-order valence-corrected chi connectivity index (χ1v) is 7.31. The van der Waals surface area contributed by atoms with E-state index < -0.39 is 0 Å². The van der Waals surface area contributed by atoms with Crippen LogP contribution in [0.2, 0.25) is 5.02 Å². The standard InChI is InChI=1S/C16H25ClO2/c1-6-11(10-16(3,4)5)12-8-13(17)15(18)14(9-12)19-7-2/h8-9,11,18H,6-7,10H2,1-5H3. The molecule has 0 aromatic heterocycles. The van der Waals surface area contributed by atoms with Crippen LogP contribution in [-0.4, -0.2) is 11.7 Å². The van der Waals surface area contributed by atoms with E-state index in [1.54, 1.807) is 0 Å². The third-order valence-electron chi connectivity index (χ3n) is 3.17. The van der Waals surface area contributed by atoms with Gasteiger partial charge in [0.25, 0.3) is 0 Å². The second-order valence-corrected chi connectivity index (χ2v) is 6.56. The summed E-state index contributed by atoms with van der Waals surface area (Å²) in [5.74, 6) is 0.951. The maximum Gasteiger partial charge on any atom is 0.176 e. The highest BCUT2D eigenvalue weighted by Gasteiger charge is 2.21. The summed E-state index contributed by atoms with van der Waals surface area (Å²) in [6.45, 7) is 11.3. The Labute approximate surface area is 121 Å². The molecule has 0 amide bonds. The molecular formula is C16H25ClO2. The molecule has 0 aliphatic rings. The molecule has 108 valence electrons. The van der Waals surface area contributed by atoms with Crippen LogP contribution in [0.25, 0.3) is 0 Å². The zero-order valence-electron chi connectivity index (χ0n) is 12.6. The molecule has 19 heavy (non-hydrogen) atoms. The zero-order chi connectivity index (χ0) is 14.6. The first kappa shape index (κ1) is 16.2. The van der Waals surface area contributed by atoms with Crippen molar-refractivity contribution in [2.75, 3.05) is 6.61 Å². The van der Waals surface area contributed by atoms with Crippen molar-refractivity contribution in [3.05, 3.63) is 22.7 Å². The maximum absolute atomic E-state index is 9.88. The van der Waals surface area contributed by atoms with Gasteiger partial charge in [-0.2, -0.15) is 0 Å². The molecule has 2 nitrogen and oxygen atoms in total. The number of aromatic hydroxyl groups is 1. The van der Waals surface area contributed by atoms with Gasteiger partial charge in [-0.15, -0.1) is 0 Å². The lowest BCUT2D eigenvalue weighted by Crippen LogP contribution is -2.11. The van der Waals surface area contributed by atoms with Crippen LogP contribution in [0.15, 0.2) is 12.1 Å². The van der Waals surface area contributed by atoms with E-state index in [2.05, 4.69) is 27.7 Å². The van der Waals surface area contributed by atoms with Crippen LogP contribution in [-0.2, 0) is 0 Å². The Hall–Kier alpha value is -0.890. The van der Waals surface area contributed by atoms with Gasteiger partial charge in [-0.05, 0) is 48.8 Å². The third kappa shape index (κ3) is 4.61. The number of ether oxygens (including phenoxy) is 1. The van der Waals surface area contributed by atoms with Gasteiger partial charge in [0.15, 0.2) is 11.5 Å². The maximum atomic E-state index is 9.88. The lowest BCUT2D eigenvalue weighted by molar-refractivity contribution is 0.314. The quantitative estimate of drug-likeness (QED) is 0.787. The molecule has 1 aromatic rings. The molecule has 0 spiro atoms. The van der Waals surface area contributed by atoms with Crippen molar-refractivity contribution in [2.24, 2.45) is 5.41 Å². The first-order chi connectivity index (χ1) is 8.78. The summed E-state index contributed by atoms with van der Waals surface area (Å²) in [6.07, 6.45) is 2.13. The molecule has 0 bridgehead atoms. The Morgan fingerprint density at radius 2 is 1.89 bits per heavy atom. The van der Waals surface area contributed by atoms with Gasteiger partial charge < -0.3 is 9.84 Å². The van der Waals surface area contributed by atoms with Gasteiger partial charge >= 0.3 is 0 Å². The fourth-order valence-corrected chi connectivity index (χ4v) is 2.55. The number of rotatable bonds is 5. The van der Waals surface area contributed by atoms with Crippen molar-refractivity contribution in [1.82, 2.24) is 0 Å². The Bertz CT molecular complexity index is 421. The molecule has 1 atom stereocenters. The monoisotopic (exact) mass is 284 g/mol. The minimum absolute atomic E-state index is 0.0397. The molecule has 1 N–H and O–H groups in total. The van der Waals surface area contributed by atoms with Gasteiger partial charge in [0, 0.05) is 0 Å². The Balaban J connectivity index is 3.10. The lowest BCUT2D eigenvalue weighted by atomic mass is 9.80. The van der Waals surface area contributed by atoms with E-state index in [9.17, 15) is 5.11 Å². The zero-order valence-corrected chi connectivity index (χ0v) is 13.3. The van der Waals surface area contributed by atoms with Crippen LogP contribution in [0.3, 0.4) is 0 Å². The lowest BCUT2D eigenvalue weighted by Gasteiger charge is -2.26. The molecule has 0 saturated carbocycles. The van der Waals surface area contributed by atoms with Gasteiger partial charge in [-0.1, -0.05) is 39.3 Å². The van der Waals surface area contributed by atoms with Gasteiger partial charge in [0.05, 0.1) is 11.6 Å². The Morgan fingerprint density at radius 1 is 1.26 bits per heavy atom. The Kier molecular flexibility index (Phi) is 5.54. The van der Waals surface area contributed by atoms with E-state index in [1.807, 2.05) is 19.1 Å². The summed E-state index contributed by atoms with van der Waals surface area (Å²) in [7, 11) is 0. The molecule has 3 heteroatoms. The minimum atomic E-state index is 0.0397. The van der Waals surface area contributed by atoms with Crippen molar-refractivity contribution < 1.29 is 9.84 Å². The van der Waals surface area contributed by atoms with Crippen LogP contribution >= 0.6 is 11.6 Å². The topological polar surface area (TPSA) is 29.5 Å². The predicted octanol–water partition coefficient (Wildman–Crippen LogP) is 5.37. The largest absolute Gasteiger partial charge is 0.503 e. The van der Waals surface area contributed by atoms with Gasteiger partial charge in [0.2, 0.25) is 0 Å². The average molecular weight is 285 g/mol. The number of benzene rings is 1. The molecule has 0 saturated heterocycles. The molecule has 0 aliphatic carbocycles. The summed E-state index contributed by atoms with van der Waals surface area (Å²) in [4.78, 5) is 0. The Morgan fingerprint density at radius 3 is 2.37 bits per heavy atom. The van der Waals surface area contributed by atoms with Crippen molar-refractivity contribution in [3.63, 3.8) is 0 Å². The number of hydrogen-bond acceptors (Lipinski definition) is 2. The minimum Gasteiger partial charge on any atom is -0.503 e. The highest BCUT2D eigenvalue weighted by atomic mass is 35.5. The summed E-state index contributed by atoms with van der Waals surface area (Å²) in [6, 6.07) is 3.78. The van der Waals surface area contributed by atoms with Crippen LogP contribution in [0, 0.1) is 5.41 Å². The van der Waals surface area contributed by atoms with E-state index in [4.69, 9.17) is 16.3 Å². The van der Waals surface area contributed by atoms with Crippen LogP contribution in [0.5, 0.6) is 11.5 Å². The molecule has 1 unspecified atom stereocenters. The smallest absolute Gasteiger partial charge is 0.176 e. The van der Waals surface area contributed by atoms with E-state index in [1.165, 1.54) is 0 Å². The average Bonchev–Trinajstić information content (AvgIpc) is 2.31. The van der Waals surface area contributed by atoms with E-state index >= 15 is 0 Å². The van der Waals surface area contributed by atoms with Crippen LogP contribution < -0.4 is 4.74 Å². The predicted molar refractivity (Wildman–Crippen MR) is 81.4 cm³/mol. The molecule has 1 aromatic carbocycles. The van der Waals surface area contributed by atoms with Crippen molar-refractivity contribution in [2.45, 2.75) is 53.4 Å². The normalized spacial score (nSPS) is 13.4. The van der Waals surface area contributed by atoms with E-state index in [-0.39, 0.29) is 11.2 Å². The molecule has 0 heterocycles. The van der Waals surface area contributed by atoms with Crippen molar-refractivity contribution in [3.8, 4) is 11.5 Å².